The van der Waals surface area contributed by atoms with E-state index in [1.807, 2.05) is 0 Å². The average molecular weight is 259 g/mol. The summed E-state index contributed by atoms with van der Waals surface area (Å²) in [6, 6.07) is 0. The van der Waals surface area contributed by atoms with Crippen molar-refractivity contribution in [2.45, 2.75) is 31.8 Å². The highest BCUT2D eigenvalue weighted by molar-refractivity contribution is 9.10. The Labute approximate surface area is 89.8 Å². The first kappa shape index (κ1) is 9.71. The van der Waals surface area contributed by atoms with Crippen LogP contribution < -0.4 is 10.3 Å². The first-order valence-electron chi connectivity index (χ1n) is 4.67. The summed E-state index contributed by atoms with van der Waals surface area (Å²) < 4.78 is 5.99. The summed E-state index contributed by atoms with van der Waals surface area (Å²) in [4.78, 5) is 17.6. The molecule has 0 aliphatic heterocycles. The quantitative estimate of drug-likeness (QED) is 0.881. The van der Waals surface area contributed by atoms with Crippen molar-refractivity contribution in [1.82, 2.24) is 9.97 Å². The molecule has 0 unspecified atom stereocenters. The van der Waals surface area contributed by atoms with Gasteiger partial charge in [0.25, 0.3) is 5.56 Å². The summed E-state index contributed by atoms with van der Waals surface area (Å²) in [7, 11) is 0. The maximum Gasteiger partial charge on any atom is 0.268 e. The van der Waals surface area contributed by atoms with E-state index in [9.17, 15) is 4.79 Å². The molecule has 76 valence electrons. The minimum Gasteiger partial charge on any atom is -0.473 e. The minimum absolute atomic E-state index is 0.201. The van der Waals surface area contributed by atoms with E-state index in [2.05, 4.69) is 25.9 Å². The van der Waals surface area contributed by atoms with Gasteiger partial charge in [-0.15, -0.1) is 0 Å². The molecule has 0 amide bonds. The number of ether oxygens (including phenoxy) is 1. The van der Waals surface area contributed by atoms with E-state index in [0.717, 1.165) is 12.8 Å². The standard InChI is InChI=1S/C9H11BrN2O2/c10-7-8(13)11-5-12-9(7)14-6-3-1-2-4-6/h5-6H,1-4H2,(H,11,12,13). The summed E-state index contributed by atoms with van der Waals surface area (Å²) in [5.74, 6) is 0.403. The van der Waals surface area contributed by atoms with Crippen molar-refractivity contribution in [3.05, 3.63) is 21.2 Å². The lowest BCUT2D eigenvalue weighted by Crippen LogP contribution is -2.16. The molecule has 1 aliphatic carbocycles. The van der Waals surface area contributed by atoms with Gasteiger partial charge in [0.05, 0.1) is 6.33 Å². The molecule has 1 aromatic heterocycles. The Hall–Kier alpha value is -0.840. The normalized spacial score (nSPS) is 17.2. The molecular weight excluding hydrogens is 248 g/mol. The molecule has 1 heterocycles. The fourth-order valence-corrected chi connectivity index (χ4v) is 1.92. The molecule has 0 bridgehead atoms. The van der Waals surface area contributed by atoms with Crippen LogP contribution in [0.2, 0.25) is 0 Å². The smallest absolute Gasteiger partial charge is 0.268 e. The number of halogens is 1. The van der Waals surface area contributed by atoms with Crippen LogP contribution in [0.25, 0.3) is 0 Å². The molecule has 0 atom stereocenters. The van der Waals surface area contributed by atoms with Crippen molar-refractivity contribution in [3.8, 4) is 5.88 Å². The van der Waals surface area contributed by atoms with Crippen LogP contribution in [0.5, 0.6) is 5.88 Å². The largest absolute Gasteiger partial charge is 0.473 e. The van der Waals surface area contributed by atoms with Gasteiger partial charge in [0.2, 0.25) is 5.88 Å². The molecule has 1 aromatic rings. The van der Waals surface area contributed by atoms with Gasteiger partial charge in [0, 0.05) is 0 Å². The fraction of sp³-hybridized carbons (Fsp3) is 0.556. The third-order valence-electron chi connectivity index (χ3n) is 2.35. The van der Waals surface area contributed by atoms with Crippen LogP contribution in [-0.4, -0.2) is 16.1 Å². The third kappa shape index (κ3) is 1.97. The lowest BCUT2D eigenvalue weighted by Gasteiger charge is -2.11. The molecule has 0 spiro atoms. The van der Waals surface area contributed by atoms with Gasteiger partial charge < -0.3 is 9.72 Å². The number of H-pyrrole nitrogens is 1. The van der Waals surface area contributed by atoms with Crippen LogP contribution in [0.4, 0.5) is 0 Å². The zero-order valence-electron chi connectivity index (χ0n) is 7.62. The summed E-state index contributed by atoms with van der Waals surface area (Å²) in [6.45, 7) is 0. The monoisotopic (exact) mass is 258 g/mol. The summed E-state index contributed by atoms with van der Waals surface area (Å²) in [5, 5.41) is 0. The zero-order valence-corrected chi connectivity index (χ0v) is 9.21. The number of aromatic amines is 1. The molecule has 1 saturated carbocycles. The summed E-state index contributed by atoms with van der Waals surface area (Å²) in [6.07, 6.45) is 6.09. The van der Waals surface area contributed by atoms with Gasteiger partial charge in [-0.1, -0.05) is 0 Å². The average Bonchev–Trinajstić information content (AvgIpc) is 2.66. The van der Waals surface area contributed by atoms with Crippen molar-refractivity contribution < 1.29 is 4.74 Å². The number of nitrogens with zero attached hydrogens (tertiary/aromatic N) is 1. The molecule has 0 radical (unpaired) electrons. The highest BCUT2D eigenvalue weighted by Crippen LogP contribution is 2.25. The summed E-state index contributed by atoms with van der Waals surface area (Å²) in [5.41, 5.74) is -0.201. The molecule has 14 heavy (non-hydrogen) atoms. The van der Waals surface area contributed by atoms with Crippen molar-refractivity contribution in [3.63, 3.8) is 0 Å². The molecule has 0 saturated heterocycles. The molecular formula is C9H11BrN2O2. The Morgan fingerprint density at radius 2 is 2.21 bits per heavy atom. The van der Waals surface area contributed by atoms with E-state index in [1.165, 1.54) is 19.2 Å². The molecule has 1 aliphatic rings. The van der Waals surface area contributed by atoms with Gasteiger partial charge >= 0.3 is 0 Å². The first-order valence-corrected chi connectivity index (χ1v) is 5.46. The van der Waals surface area contributed by atoms with E-state index in [-0.39, 0.29) is 11.7 Å². The predicted octanol–water partition coefficient (Wildman–Crippen LogP) is 1.85. The third-order valence-corrected chi connectivity index (χ3v) is 3.04. The first-order chi connectivity index (χ1) is 6.77. The fourth-order valence-electron chi connectivity index (χ4n) is 1.61. The van der Waals surface area contributed by atoms with Crippen LogP contribution in [0.15, 0.2) is 15.6 Å². The second kappa shape index (κ2) is 4.13. The van der Waals surface area contributed by atoms with Crippen LogP contribution in [0.1, 0.15) is 25.7 Å². The number of hydrogen-bond donors (Lipinski definition) is 1. The van der Waals surface area contributed by atoms with Gasteiger partial charge in [0.15, 0.2) is 0 Å². The van der Waals surface area contributed by atoms with E-state index in [4.69, 9.17) is 4.74 Å². The molecule has 1 N–H and O–H groups in total. The highest BCUT2D eigenvalue weighted by Gasteiger charge is 2.18. The summed E-state index contributed by atoms with van der Waals surface area (Å²) >= 11 is 3.16. The highest BCUT2D eigenvalue weighted by atomic mass is 79.9. The van der Waals surface area contributed by atoms with E-state index < -0.39 is 0 Å². The van der Waals surface area contributed by atoms with Gasteiger partial charge in [-0.3, -0.25) is 4.79 Å². The van der Waals surface area contributed by atoms with Crippen LogP contribution in [0, 0.1) is 0 Å². The zero-order chi connectivity index (χ0) is 9.97. The van der Waals surface area contributed by atoms with E-state index >= 15 is 0 Å². The van der Waals surface area contributed by atoms with Crippen molar-refractivity contribution in [2.75, 3.05) is 0 Å². The number of hydrogen-bond acceptors (Lipinski definition) is 3. The molecule has 0 aromatic carbocycles. The van der Waals surface area contributed by atoms with Crippen molar-refractivity contribution >= 4 is 15.9 Å². The predicted molar refractivity (Wildman–Crippen MR) is 55.4 cm³/mol. The lowest BCUT2D eigenvalue weighted by molar-refractivity contribution is 0.199. The minimum atomic E-state index is -0.201. The number of aromatic nitrogens is 2. The number of nitrogens with one attached hydrogen (secondary N) is 1. The van der Waals surface area contributed by atoms with Crippen LogP contribution in [-0.2, 0) is 0 Å². The Bertz CT molecular complexity index is 371. The van der Waals surface area contributed by atoms with E-state index in [1.54, 1.807) is 0 Å². The Morgan fingerprint density at radius 1 is 1.50 bits per heavy atom. The van der Waals surface area contributed by atoms with Crippen LogP contribution in [0.3, 0.4) is 0 Å². The maximum absolute atomic E-state index is 11.2. The maximum atomic E-state index is 11.2. The Balaban J connectivity index is 2.15. The molecule has 1 fully saturated rings. The van der Waals surface area contributed by atoms with Gasteiger partial charge in [-0.2, -0.15) is 0 Å². The van der Waals surface area contributed by atoms with E-state index in [0.29, 0.717) is 10.4 Å². The Morgan fingerprint density at radius 3 is 2.93 bits per heavy atom. The topological polar surface area (TPSA) is 55.0 Å². The molecule has 5 heteroatoms. The second-order valence-electron chi connectivity index (χ2n) is 3.38. The SMILES string of the molecule is O=c1[nH]cnc(OC2CCCC2)c1Br. The van der Waals surface area contributed by atoms with Gasteiger partial charge in [-0.05, 0) is 41.6 Å². The van der Waals surface area contributed by atoms with Gasteiger partial charge in [-0.25, -0.2) is 4.98 Å². The molecule has 2 rings (SSSR count). The van der Waals surface area contributed by atoms with Crippen molar-refractivity contribution in [1.29, 1.82) is 0 Å². The lowest BCUT2D eigenvalue weighted by atomic mass is 10.3. The van der Waals surface area contributed by atoms with Gasteiger partial charge in [0.1, 0.15) is 10.6 Å². The second-order valence-corrected chi connectivity index (χ2v) is 4.17. The van der Waals surface area contributed by atoms with Crippen molar-refractivity contribution in [2.24, 2.45) is 0 Å². The Kier molecular flexibility index (Phi) is 2.86. The molecule has 4 nitrogen and oxygen atoms in total. The number of rotatable bonds is 2. The van der Waals surface area contributed by atoms with Crippen LogP contribution >= 0.6 is 15.9 Å².